The van der Waals surface area contributed by atoms with Crippen LogP contribution in [-0.2, 0) is 33.6 Å². The number of Topliss-reactive ketones (excluding diaryl/α,β-unsaturated/α-hetero) is 2. The fourth-order valence-electron chi connectivity index (χ4n) is 6.83. The molecule has 0 aliphatic heterocycles. The van der Waals surface area contributed by atoms with Gasteiger partial charge in [-0.1, -0.05) is 128 Å². The van der Waals surface area contributed by atoms with Gasteiger partial charge in [0.2, 0.25) is 5.91 Å². The topological polar surface area (TPSA) is 218 Å². The molecule has 58 heavy (non-hydrogen) atoms. The molecule has 0 unspecified atom stereocenters. The van der Waals surface area contributed by atoms with Crippen LogP contribution >= 0.6 is 0 Å². The molecule has 0 aliphatic carbocycles. The average molecular weight is 779 g/mol. The van der Waals surface area contributed by atoms with Crippen LogP contribution in [0.5, 0.6) is 0 Å². The van der Waals surface area contributed by atoms with Crippen molar-refractivity contribution in [3.8, 4) is 22.3 Å². The van der Waals surface area contributed by atoms with Gasteiger partial charge in [-0.3, -0.25) is 19.4 Å². The minimum Gasteiger partial charge on any atom is -0.370 e. The average Bonchev–Trinajstić information content (AvgIpc) is 3.23. The quantitative estimate of drug-likeness (QED) is 0.0306. The molecule has 11 N–H and O–H groups in total. The van der Waals surface area contributed by atoms with E-state index >= 15 is 0 Å². The molecular weight excluding hydrogens is 725 g/mol. The molecule has 0 aliphatic rings. The maximum atomic E-state index is 14.3. The molecular formula is C47H54N8O3. The lowest BCUT2D eigenvalue weighted by Gasteiger charge is -2.23. The number of carbonyl (C=O) groups excluding carboxylic acids is 3. The summed E-state index contributed by atoms with van der Waals surface area (Å²) in [5.74, 6) is -1.57. The predicted molar refractivity (Wildman–Crippen MR) is 234 cm³/mol. The lowest BCUT2D eigenvalue weighted by molar-refractivity contribution is -0.132. The number of carbonyl (C=O) groups is 3. The van der Waals surface area contributed by atoms with Gasteiger partial charge in [-0.25, -0.2) is 4.99 Å². The highest BCUT2D eigenvalue weighted by atomic mass is 16.2. The summed E-state index contributed by atoms with van der Waals surface area (Å²) in [6.07, 6.45) is 3.08. The first-order chi connectivity index (χ1) is 28.0. The summed E-state index contributed by atoms with van der Waals surface area (Å²) in [5, 5.41) is 3.06. The van der Waals surface area contributed by atoms with E-state index in [4.69, 9.17) is 28.7 Å². The Morgan fingerprint density at radius 1 is 0.534 bits per heavy atom. The number of ketones is 2. The van der Waals surface area contributed by atoms with Crippen molar-refractivity contribution in [2.24, 2.45) is 44.6 Å². The van der Waals surface area contributed by atoms with Crippen molar-refractivity contribution in [2.75, 3.05) is 6.54 Å². The highest BCUT2D eigenvalue weighted by Crippen LogP contribution is 2.23. The monoisotopic (exact) mass is 778 g/mol. The van der Waals surface area contributed by atoms with E-state index in [1.807, 2.05) is 121 Å². The normalized spacial score (nSPS) is 12.4. The fourth-order valence-corrected chi connectivity index (χ4v) is 6.83. The van der Waals surface area contributed by atoms with Crippen LogP contribution in [0, 0.1) is 5.92 Å². The first kappa shape index (κ1) is 42.6. The Kier molecular flexibility index (Phi) is 15.9. The molecule has 300 valence electrons. The lowest BCUT2D eigenvalue weighted by atomic mass is 9.89. The fraction of sp³-hybridized carbons (Fsp3) is 0.255. The van der Waals surface area contributed by atoms with E-state index in [0.717, 1.165) is 51.8 Å². The third-order valence-corrected chi connectivity index (χ3v) is 10.0. The van der Waals surface area contributed by atoms with E-state index in [-0.39, 0.29) is 42.7 Å². The van der Waals surface area contributed by atoms with Crippen LogP contribution in [0.15, 0.2) is 143 Å². The lowest BCUT2D eigenvalue weighted by Crippen LogP contribution is -2.46. The third kappa shape index (κ3) is 13.6. The Morgan fingerprint density at radius 2 is 1.03 bits per heavy atom. The van der Waals surface area contributed by atoms with Gasteiger partial charge in [-0.2, -0.15) is 0 Å². The van der Waals surface area contributed by atoms with Crippen LogP contribution in [0.2, 0.25) is 0 Å². The van der Waals surface area contributed by atoms with Gasteiger partial charge in [-0.15, -0.1) is 0 Å². The molecule has 5 aromatic rings. The number of nitrogens with zero attached hydrogens (tertiary/aromatic N) is 2. The van der Waals surface area contributed by atoms with E-state index in [1.54, 1.807) is 12.1 Å². The van der Waals surface area contributed by atoms with Gasteiger partial charge in [-0.05, 0) is 83.2 Å². The second kappa shape index (κ2) is 21.6. The number of hydrogen-bond donors (Lipinski definition) is 6. The number of aliphatic imine (C=N–C) groups is 2. The highest BCUT2D eigenvalue weighted by molar-refractivity contribution is 5.93. The number of rotatable bonds is 21. The Bertz CT molecular complexity index is 2130. The Morgan fingerprint density at radius 3 is 1.57 bits per heavy atom. The highest BCUT2D eigenvalue weighted by Gasteiger charge is 2.29. The number of nitrogens with two attached hydrogens (primary N) is 5. The maximum absolute atomic E-state index is 14.3. The minimum absolute atomic E-state index is 0.0355. The molecule has 0 fully saturated rings. The molecule has 0 bridgehead atoms. The van der Waals surface area contributed by atoms with Crippen LogP contribution in [0.1, 0.15) is 48.8 Å². The summed E-state index contributed by atoms with van der Waals surface area (Å²) in [6.45, 7) is 0.480. The first-order valence-corrected chi connectivity index (χ1v) is 19.7. The van der Waals surface area contributed by atoms with Crippen molar-refractivity contribution >= 4 is 35.1 Å². The van der Waals surface area contributed by atoms with E-state index in [1.165, 1.54) is 0 Å². The summed E-state index contributed by atoms with van der Waals surface area (Å²) in [5.41, 5.74) is 36.0. The standard InChI is InChI=1S/C47H54N8O3/c48-41(29-33-15-21-37(22-16-33)35-10-4-1-5-11-35)44(57)31-39(28-32-19-25-40(26-20-32)54-47(51)52)45(58)55-42(43(56)14-8-3-9-27-53-46(49)50)30-34-17-23-38(24-18-34)36-12-6-2-7-13-36/h1-2,4-7,10-13,15-26,39,41-42H,3,8-9,14,27-31,48H2,(H,55,58)(H4,49,50,53)(H4,51,52,54)/t39-,41+,42+/m1/s1. The molecule has 0 heterocycles. The SMILES string of the molecule is NC(N)=NCCCCCC(=O)[C@H](Cc1ccc(-c2ccccc2)cc1)NC(=O)[C@@H](CC(=O)[C@@H](N)Cc1ccc(-c2ccccc2)cc1)Cc1ccc(N=C(N)N)cc1. The van der Waals surface area contributed by atoms with Crippen LogP contribution in [0.3, 0.4) is 0 Å². The van der Waals surface area contributed by atoms with Crippen LogP contribution in [0.4, 0.5) is 5.69 Å². The number of benzene rings is 5. The van der Waals surface area contributed by atoms with Crippen molar-refractivity contribution in [3.05, 3.63) is 150 Å². The van der Waals surface area contributed by atoms with Crippen molar-refractivity contribution in [3.63, 3.8) is 0 Å². The van der Waals surface area contributed by atoms with Crippen molar-refractivity contribution < 1.29 is 14.4 Å². The summed E-state index contributed by atoms with van der Waals surface area (Å²) in [4.78, 5) is 50.1. The number of guanidine groups is 2. The zero-order valence-electron chi connectivity index (χ0n) is 32.8. The Hall–Kier alpha value is -6.59. The molecule has 0 saturated carbocycles. The molecule has 3 atom stereocenters. The summed E-state index contributed by atoms with van der Waals surface area (Å²) >= 11 is 0. The molecule has 5 aromatic carbocycles. The van der Waals surface area contributed by atoms with Gasteiger partial charge in [0.1, 0.15) is 0 Å². The van der Waals surface area contributed by atoms with Crippen molar-refractivity contribution in [2.45, 2.75) is 63.5 Å². The molecule has 1 amide bonds. The smallest absolute Gasteiger partial charge is 0.224 e. The largest absolute Gasteiger partial charge is 0.370 e. The predicted octanol–water partition coefficient (Wildman–Crippen LogP) is 5.74. The molecule has 0 radical (unpaired) electrons. The number of amides is 1. The van der Waals surface area contributed by atoms with Gasteiger partial charge in [0, 0.05) is 25.3 Å². The van der Waals surface area contributed by atoms with Gasteiger partial charge in [0.15, 0.2) is 23.5 Å². The molecule has 11 nitrogen and oxygen atoms in total. The summed E-state index contributed by atoms with van der Waals surface area (Å²) in [6, 6.07) is 41.5. The van der Waals surface area contributed by atoms with Crippen LogP contribution in [0.25, 0.3) is 22.3 Å². The summed E-state index contributed by atoms with van der Waals surface area (Å²) < 4.78 is 0. The van der Waals surface area contributed by atoms with Crippen LogP contribution < -0.4 is 34.0 Å². The molecule has 0 saturated heterocycles. The zero-order valence-corrected chi connectivity index (χ0v) is 32.8. The molecule has 5 rings (SSSR count). The van der Waals surface area contributed by atoms with E-state index in [2.05, 4.69) is 15.3 Å². The second-order valence-electron chi connectivity index (χ2n) is 14.6. The van der Waals surface area contributed by atoms with Gasteiger partial charge >= 0.3 is 0 Å². The van der Waals surface area contributed by atoms with Gasteiger partial charge in [0.05, 0.1) is 17.8 Å². The Balaban J connectivity index is 1.33. The summed E-state index contributed by atoms with van der Waals surface area (Å²) in [7, 11) is 0. The minimum atomic E-state index is -0.832. The zero-order chi connectivity index (χ0) is 41.3. The van der Waals surface area contributed by atoms with Crippen LogP contribution in [-0.4, -0.2) is 48.0 Å². The Labute approximate surface area is 340 Å². The number of nitrogens with one attached hydrogen (secondary N) is 1. The molecule has 11 heteroatoms. The van der Waals surface area contributed by atoms with Crippen molar-refractivity contribution in [1.29, 1.82) is 0 Å². The molecule has 0 aromatic heterocycles. The molecule has 0 spiro atoms. The van der Waals surface area contributed by atoms with Gasteiger partial charge < -0.3 is 34.0 Å². The second-order valence-corrected chi connectivity index (χ2v) is 14.6. The number of hydrogen-bond acceptors (Lipinski definition) is 6. The number of unbranched alkanes of at least 4 members (excludes halogenated alkanes) is 2. The van der Waals surface area contributed by atoms with E-state index in [9.17, 15) is 14.4 Å². The van der Waals surface area contributed by atoms with E-state index in [0.29, 0.717) is 31.5 Å². The maximum Gasteiger partial charge on any atom is 0.224 e. The first-order valence-electron chi connectivity index (χ1n) is 19.7. The van der Waals surface area contributed by atoms with E-state index < -0.39 is 23.9 Å². The van der Waals surface area contributed by atoms with Crippen molar-refractivity contribution in [1.82, 2.24) is 5.32 Å². The third-order valence-electron chi connectivity index (χ3n) is 10.0. The van der Waals surface area contributed by atoms with Gasteiger partial charge in [0.25, 0.3) is 0 Å².